The summed E-state index contributed by atoms with van der Waals surface area (Å²) in [5, 5.41) is 10.9. The highest BCUT2D eigenvalue weighted by Gasteiger charge is 2.24. The van der Waals surface area contributed by atoms with E-state index in [0.29, 0.717) is 5.02 Å². The molecule has 0 bridgehead atoms. The zero-order valence-electron chi connectivity index (χ0n) is 11.3. The van der Waals surface area contributed by atoms with Gasteiger partial charge in [-0.2, -0.15) is 0 Å². The molecule has 1 aliphatic carbocycles. The lowest BCUT2D eigenvalue weighted by Crippen LogP contribution is -2.28. The molecule has 0 spiro atoms. The zero-order chi connectivity index (χ0) is 13.8. The smallest absolute Gasteiger partial charge is 0.0816 e. The van der Waals surface area contributed by atoms with Crippen molar-refractivity contribution in [3.8, 4) is 0 Å². The van der Waals surface area contributed by atoms with Gasteiger partial charge in [0, 0.05) is 22.6 Å². The van der Waals surface area contributed by atoms with Crippen molar-refractivity contribution in [3.63, 3.8) is 0 Å². The van der Waals surface area contributed by atoms with Gasteiger partial charge in [0.2, 0.25) is 0 Å². The van der Waals surface area contributed by atoms with Crippen LogP contribution in [0, 0.1) is 5.92 Å². The molecular weight excluding hydrogens is 326 g/mol. The van der Waals surface area contributed by atoms with E-state index < -0.39 is 6.10 Å². The number of halogens is 2. The summed E-state index contributed by atoms with van der Waals surface area (Å²) in [6.45, 7) is 5.34. The van der Waals surface area contributed by atoms with Crippen LogP contribution in [0.3, 0.4) is 0 Å². The number of aliphatic hydroxyl groups is 1. The Bertz CT molecular complexity index is 423. The lowest BCUT2D eigenvalue weighted by molar-refractivity contribution is 0.142. The minimum absolute atomic E-state index is 0.478. The second-order valence-electron chi connectivity index (χ2n) is 5.31. The molecule has 0 heterocycles. The summed E-state index contributed by atoms with van der Waals surface area (Å²) < 4.78 is 0.942. The molecule has 106 valence electrons. The van der Waals surface area contributed by atoms with E-state index in [2.05, 4.69) is 27.8 Å². The van der Waals surface area contributed by atoms with Gasteiger partial charge in [0.15, 0.2) is 0 Å². The highest BCUT2D eigenvalue weighted by molar-refractivity contribution is 9.10. The van der Waals surface area contributed by atoms with Gasteiger partial charge in [0.1, 0.15) is 0 Å². The Morgan fingerprint density at radius 1 is 1.47 bits per heavy atom. The highest BCUT2D eigenvalue weighted by Crippen LogP contribution is 2.31. The molecule has 1 atom stereocenters. The largest absolute Gasteiger partial charge is 0.388 e. The van der Waals surface area contributed by atoms with E-state index in [9.17, 15) is 5.11 Å². The molecule has 19 heavy (non-hydrogen) atoms. The molecule has 1 N–H and O–H groups in total. The minimum atomic E-state index is -0.478. The molecule has 1 aliphatic rings. The quantitative estimate of drug-likeness (QED) is 0.797. The summed E-state index contributed by atoms with van der Waals surface area (Å²) in [5.74, 6) is 0.897. The van der Waals surface area contributed by atoms with Crippen molar-refractivity contribution in [2.45, 2.75) is 32.3 Å². The molecule has 2 nitrogen and oxygen atoms in total. The molecule has 0 aromatic heterocycles. The molecule has 0 aliphatic heterocycles. The van der Waals surface area contributed by atoms with Crippen LogP contribution in [-0.2, 0) is 0 Å². The van der Waals surface area contributed by atoms with Crippen molar-refractivity contribution in [1.82, 2.24) is 4.90 Å². The predicted octanol–water partition coefficient (Wildman–Crippen LogP) is 4.26. The number of nitrogens with zero attached hydrogens (tertiary/aromatic N) is 1. The lowest BCUT2D eigenvalue weighted by atomic mass is 10.1. The van der Waals surface area contributed by atoms with Crippen molar-refractivity contribution in [3.05, 3.63) is 33.3 Å². The van der Waals surface area contributed by atoms with Crippen LogP contribution < -0.4 is 0 Å². The maximum Gasteiger partial charge on any atom is 0.0816 e. The fraction of sp³-hybridized carbons (Fsp3) is 0.600. The third-order valence-corrected chi connectivity index (χ3v) is 4.52. The molecular formula is C15H21BrClNO. The molecule has 1 aromatic carbocycles. The number of hydrogen-bond acceptors (Lipinski definition) is 2. The average molecular weight is 347 g/mol. The summed E-state index contributed by atoms with van der Waals surface area (Å²) >= 11 is 9.54. The van der Waals surface area contributed by atoms with E-state index in [1.807, 2.05) is 18.2 Å². The Kier molecular flexibility index (Phi) is 5.70. The van der Waals surface area contributed by atoms with Crippen LogP contribution in [0.25, 0.3) is 0 Å². The van der Waals surface area contributed by atoms with Crippen LogP contribution in [0.4, 0.5) is 0 Å². The maximum atomic E-state index is 10.3. The second kappa shape index (κ2) is 7.07. The molecule has 1 aromatic rings. The van der Waals surface area contributed by atoms with Gasteiger partial charge in [0.05, 0.1) is 6.10 Å². The first-order valence-corrected chi connectivity index (χ1v) is 8.12. The third kappa shape index (κ3) is 4.75. The summed E-state index contributed by atoms with van der Waals surface area (Å²) in [6.07, 6.45) is 3.01. The fourth-order valence-electron chi connectivity index (χ4n) is 2.28. The van der Waals surface area contributed by atoms with E-state index in [1.165, 1.54) is 19.4 Å². The summed E-state index contributed by atoms with van der Waals surface area (Å²) in [7, 11) is 0. The molecule has 0 amide bonds. The predicted molar refractivity (Wildman–Crippen MR) is 83.6 cm³/mol. The van der Waals surface area contributed by atoms with E-state index in [4.69, 9.17) is 11.6 Å². The van der Waals surface area contributed by atoms with Gasteiger partial charge in [0.25, 0.3) is 0 Å². The van der Waals surface area contributed by atoms with E-state index in [0.717, 1.165) is 35.5 Å². The number of benzene rings is 1. The Morgan fingerprint density at radius 2 is 2.21 bits per heavy atom. The van der Waals surface area contributed by atoms with Gasteiger partial charge < -0.3 is 10.0 Å². The SMILES string of the molecule is CCN(CCC(O)c1ccc(Br)cc1Cl)CC1CC1. The van der Waals surface area contributed by atoms with Gasteiger partial charge in [-0.1, -0.05) is 40.5 Å². The van der Waals surface area contributed by atoms with Crippen LogP contribution in [0.2, 0.25) is 5.02 Å². The van der Waals surface area contributed by atoms with Gasteiger partial charge >= 0.3 is 0 Å². The molecule has 1 unspecified atom stereocenters. The number of aliphatic hydroxyl groups excluding tert-OH is 1. The second-order valence-corrected chi connectivity index (χ2v) is 6.63. The Hall–Kier alpha value is -0.0900. The first kappa shape index (κ1) is 15.3. The fourth-order valence-corrected chi connectivity index (χ4v) is 3.08. The summed E-state index contributed by atoms with van der Waals surface area (Å²) in [4.78, 5) is 2.42. The topological polar surface area (TPSA) is 23.5 Å². The highest BCUT2D eigenvalue weighted by atomic mass is 79.9. The van der Waals surface area contributed by atoms with Crippen molar-refractivity contribution >= 4 is 27.5 Å². The Balaban J connectivity index is 1.86. The Labute approximate surface area is 128 Å². The van der Waals surface area contributed by atoms with E-state index in [1.54, 1.807) is 0 Å². The number of rotatable bonds is 7. The van der Waals surface area contributed by atoms with Crippen LogP contribution in [0.5, 0.6) is 0 Å². The van der Waals surface area contributed by atoms with Gasteiger partial charge in [-0.3, -0.25) is 0 Å². The van der Waals surface area contributed by atoms with Crippen molar-refractivity contribution < 1.29 is 5.11 Å². The maximum absolute atomic E-state index is 10.3. The molecule has 2 rings (SSSR count). The summed E-state index contributed by atoms with van der Waals surface area (Å²) in [6, 6.07) is 5.66. The van der Waals surface area contributed by atoms with Gasteiger partial charge in [-0.15, -0.1) is 0 Å². The first-order valence-electron chi connectivity index (χ1n) is 6.95. The standard InChI is InChI=1S/C15H21BrClNO/c1-2-18(10-11-3-4-11)8-7-15(19)13-6-5-12(16)9-14(13)17/h5-6,9,11,15,19H,2-4,7-8,10H2,1H3. The minimum Gasteiger partial charge on any atom is -0.388 e. The molecule has 1 saturated carbocycles. The number of hydrogen-bond donors (Lipinski definition) is 1. The zero-order valence-corrected chi connectivity index (χ0v) is 13.6. The first-order chi connectivity index (χ1) is 9.10. The lowest BCUT2D eigenvalue weighted by Gasteiger charge is -2.22. The van der Waals surface area contributed by atoms with Crippen molar-refractivity contribution in [2.24, 2.45) is 5.92 Å². The third-order valence-electron chi connectivity index (χ3n) is 3.70. The molecule has 1 fully saturated rings. The molecule has 0 saturated heterocycles. The monoisotopic (exact) mass is 345 g/mol. The van der Waals surface area contributed by atoms with E-state index in [-0.39, 0.29) is 0 Å². The van der Waals surface area contributed by atoms with Gasteiger partial charge in [-0.25, -0.2) is 0 Å². The summed E-state index contributed by atoms with van der Waals surface area (Å²) in [5.41, 5.74) is 0.826. The van der Waals surface area contributed by atoms with E-state index >= 15 is 0 Å². The van der Waals surface area contributed by atoms with Crippen molar-refractivity contribution in [2.75, 3.05) is 19.6 Å². The van der Waals surface area contributed by atoms with Crippen LogP contribution in [0.1, 0.15) is 37.9 Å². The van der Waals surface area contributed by atoms with Crippen molar-refractivity contribution in [1.29, 1.82) is 0 Å². The normalized spacial score (nSPS) is 16.9. The van der Waals surface area contributed by atoms with Gasteiger partial charge in [-0.05, 0) is 49.4 Å². The Morgan fingerprint density at radius 3 is 2.79 bits per heavy atom. The van der Waals surface area contributed by atoms with Crippen LogP contribution in [0.15, 0.2) is 22.7 Å². The molecule has 0 radical (unpaired) electrons. The van der Waals surface area contributed by atoms with Crippen LogP contribution >= 0.6 is 27.5 Å². The average Bonchev–Trinajstić information content (AvgIpc) is 3.18. The van der Waals surface area contributed by atoms with Crippen LogP contribution in [-0.4, -0.2) is 29.6 Å². The molecule has 4 heteroatoms.